The fourth-order valence-electron chi connectivity index (χ4n) is 2.75. The molecule has 0 fully saturated rings. The summed E-state index contributed by atoms with van der Waals surface area (Å²) in [6, 6.07) is 14.0. The molecule has 0 atom stereocenters. The second-order valence-corrected chi connectivity index (χ2v) is 5.97. The summed E-state index contributed by atoms with van der Waals surface area (Å²) in [4.78, 5) is 14.3. The summed E-state index contributed by atoms with van der Waals surface area (Å²) in [5.74, 6) is 0.163. The number of para-hydroxylation sites is 1. The molecule has 0 unspecified atom stereocenters. The van der Waals surface area contributed by atoms with Gasteiger partial charge in [-0.3, -0.25) is 4.79 Å². The number of benzene rings is 2. The minimum Gasteiger partial charge on any atom is -0.384 e. The molecule has 0 bridgehead atoms. The van der Waals surface area contributed by atoms with Crippen molar-refractivity contribution < 1.29 is 4.79 Å². The molecule has 2 aromatic rings. The standard InChI is InChI=1S/C18H19ClN2O/c1-13-6-7-15(12-16(13)19)20-10-8-18(22)21-11-9-14-4-2-3-5-17(14)21/h2-7,12,20H,8-11H2,1H3. The van der Waals surface area contributed by atoms with Gasteiger partial charge in [-0.2, -0.15) is 0 Å². The molecule has 4 heteroatoms. The van der Waals surface area contributed by atoms with Gasteiger partial charge in [0.25, 0.3) is 0 Å². The average molecular weight is 315 g/mol. The van der Waals surface area contributed by atoms with Crippen molar-refractivity contribution in [2.24, 2.45) is 0 Å². The quantitative estimate of drug-likeness (QED) is 0.923. The van der Waals surface area contributed by atoms with Gasteiger partial charge in [0.1, 0.15) is 0 Å². The fraction of sp³-hybridized carbons (Fsp3) is 0.278. The van der Waals surface area contributed by atoms with Crippen molar-refractivity contribution in [1.82, 2.24) is 0 Å². The van der Waals surface area contributed by atoms with E-state index in [4.69, 9.17) is 11.6 Å². The Balaban J connectivity index is 1.56. The SMILES string of the molecule is Cc1ccc(NCCC(=O)N2CCc3ccccc32)cc1Cl. The van der Waals surface area contributed by atoms with Crippen molar-refractivity contribution in [2.45, 2.75) is 19.8 Å². The molecule has 0 aromatic heterocycles. The first-order valence-electron chi connectivity index (χ1n) is 7.53. The van der Waals surface area contributed by atoms with Crippen LogP contribution in [-0.2, 0) is 11.2 Å². The van der Waals surface area contributed by atoms with E-state index in [2.05, 4.69) is 11.4 Å². The first-order valence-corrected chi connectivity index (χ1v) is 7.91. The van der Waals surface area contributed by atoms with Gasteiger partial charge in [0.2, 0.25) is 5.91 Å². The van der Waals surface area contributed by atoms with Gasteiger partial charge in [-0.05, 0) is 42.7 Å². The Labute approximate surface area is 135 Å². The first-order chi connectivity index (χ1) is 10.6. The van der Waals surface area contributed by atoms with Gasteiger partial charge < -0.3 is 10.2 Å². The van der Waals surface area contributed by atoms with Crippen molar-refractivity contribution >= 4 is 28.9 Å². The Hall–Kier alpha value is -2.00. The van der Waals surface area contributed by atoms with Crippen molar-refractivity contribution in [2.75, 3.05) is 23.3 Å². The van der Waals surface area contributed by atoms with E-state index < -0.39 is 0 Å². The maximum Gasteiger partial charge on any atom is 0.228 e. The summed E-state index contributed by atoms with van der Waals surface area (Å²) in [5, 5.41) is 4.00. The zero-order chi connectivity index (χ0) is 15.5. The van der Waals surface area contributed by atoms with Crippen molar-refractivity contribution in [3.63, 3.8) is 0 Å². The van der Waals surface area contributed by atoms with Crippen LogP contribution < -0.4 is 10.2 Å². The molecule has 1 N–H and O–H groups in total. The van der Waals surface area contributed by atoms with Crippen LogP contribution in [0.15, 0.2) is 42.5 Å². The highest BCUT2D eigenvalue weighted by Crippen LogP contribution is 2.28. The van der Waals surface area contributed by atoms with Crippen molar-refractivity contribution in [3.05, 3.63) is 58.6 Å². The number of halogens is 1. The van der Waals surface area contributed by atoms with E-state index in [1.54, 1.807) is 0 Å². The molecule has 1 aliphatic rings. The Morgan fingerprint density at radius 3 is 2.91 bits per heavy atom. The lowest BCUT2D eigenvalue weighted by Crippen LogP contribution is -2.30. The van der Waals surface area contributed by atoms with Gasteiger partial charge in [-0.1, -0.05) is 35.9 Å². The lowest BCUT2D eigenvalue weighted by atomic mass is 10.2. The lowest BCUT2D eigenvalue weighted by Gasteiger charge is -2.17. The summed E-state index contributed by atoms with van der Waals surface area (Å²) in [6.45, 7) is 3.37. The number of nitrogens with one attached hydrogen (secondary N) is 1. The summed E-state index contributed by atoms with van der Waals surface area (Å²) in [7, 11) is 0. The second kappa shape index (κ2) is 6.41. The van der Waals surface area contributed by atoms with Crippen LogP contribution in [0.1, 0.15) is 17.5 Å². The molecule has 0 radical (unpaired) electrons. The third-order valence-electron chi connectivity index (χ3n) is 4.03. The predicted octanol–water partition coefficient (Wildman–Crippen LogP) is 4.04. The molecule has 1 amide bonds. The van der Waals surface area contributed by atoms with E-state index in [1.165, 1.54) is 5.56 Å². The number of carbonyl (C=O) groups excluding carboxylic acids is 1. The van der Waals surface area contributed by atoms with Gasteiger partial charge >= 0.3 is 0 Å². The predicted molar refractivity (Wildman–Crippen MR) is 91.8 cm³/mol. The number of aryl methyl sites for hydroxylation is 1. The Morgan fingerprint density at radius 1 is 1.27 bits per heavy atom. The largest absolute Gasteiger partial charge is 0.384 e. The lowest BCUT2D eigenvalue weighted by molar-refractivity contribution is -0.118. The third-order valence-corrected chi connectivity index (χ3v) is 4.44. The van der Waals surface area contributed by atoms with Crippen LogP contribution >= 0.6 is 11.6 Å². The second-order valence-electron chi connectivity index (χ2n) is 5.56. The maximum atomic E-state index is 12.4. The van der Waals surface area contributed by atoms with E-state index in [0.29, 0.717) is 13.0 Å². The number of hydrogen-bond donors (Lipinski definition) is 1. The Morgan fingerprint density at radius 2 is 2.09 bits per heavy atom. The zero-order valence-electron chi connectivity index (χ0n) is 12.6. The van der Waals surface area contributed by atoms with Crippen LogP contribution in [0.3, 0.4) is 0 Å². The fourth-order valence-corrected chi connectivity index (χ4v) is 2.93. The highest BCUT2D eigenvalue weighted by molar-refractivity contribution is 6.31. The Kier molecular flexibility index (Phi) is 4.34. The van der Waals surface area contributed by atoms with Gasteiger partial charge in [-0.25, -0.2) is 0 Å². The third kappa shape index (κ3) is 3.09. The average Bonchev–Trinajstić information content (AvgIpc) is 2.95. The van der Waals surface area contributed by atoms with Gasteiger partial charge in [-0.15, -0.1) is 0 Å². The van der Waals surface area contributed by atoms with E-state index in [1.807, 2.05) is 48.2 Å². The molecule has 0 aliphatic carbocycles. The Bertz CT molecular complexity index is 699. The molecular weight excluding hydrogens is 296 g/mol. The van der Waals surface area contributed by atoms with E-state index >= 15 is 0 Å². The van der Waals surface area contributed by atoms with Gasteiger partial charge in [0, 0.05) is 35.9 Å². The first kappa shape index (κ1) is 14.9. The summed E-state index contributed by atoms with van der Waals surface area (Å²) < 4.78 is 0. The number of fused-ring (bicyclic) bond motifs is 1. The number of hydrogen-bond acceptors (Lipinski definition) is 2. The highest BCUT2D eigenvalue weighted by Gasteiger charge is 2.23. The van der Waals surface area contributed by atoms with Gasteiger partial charge in [0.05, 0.1) is 0 Å². The topological polar surface area (TPSA) is 32.3 Å². The van der Waals surface area contributed by atoms with E-state index in [9.17, 15) is 4.79 Å². The molecule has 0 saturated carbocycles. The highest BCUT2D eigenvalue weighted by atomic mass is 35.5. The van der Waals surface area contributed by atoms with Crippen LogP contribution in [-0.4, -0.2) is 19.0 Å². The molecule has 3 nitrogen and oxygen atoms in total. The summed E-state index contributed by atoms with van der Waals surface area (Å²) in [5.41, 5.74) is 4.32. The summed E-state index contributed by atoms with van der Waals surface area (Å²) >= 11 is 6.10. The van der Waals surface area contributed by atoms with Crippen molar-refractivity contribution in [1.29, 1.82) is 0 Å². The minimum absolute atomic E-state index is 0.163. The number of anilines is 2. The van der Waals surface area contributed by atoms with Crippen LogP contribution in [0.25, 0.3) is 0 Å². The van der Waals surface area contributed by atoms with E-state index in [-0.39, 0.29) is 5.91 Å². The van der Waals surface area contributed by atoms with Gasteiger partial charge in [0.15, 0.2) is 0 Å². The maximum absolute atomic E-state index is 12.4. The normalized spacial score (nSPS) is 13.1. The molecule has 114 valence electrons. The molecule has 3 rings (SSSR count). The van der Waals surface area contributed by atoms with E-state index in [0.717, 1.165) is 34.9 Å². The van der Waals surface area contributed by atoms with Crippen molar-refractivity contribution in [3.8, 4) is 0 Å². The zero-order valence-corrected chi connectivity index (χ0v) is 13.4. The molecule has 22 heavy (non-hydrogen) atoms. The number of amides is 1. The van der Waals surface area contributed by atoms with Crippen LogP contribution in [0, 0.1) is 6.92 Å². The number of carbonyl (C=O) groups is 1. The number of rotatable bonds is 4. The van der Waals surface area contributed by atoms with Crippen LogP contribution in [0.5, 0.6) is 0 Å². The summed E-state index contributed by atoms with van der Waals surface area (Å²) in [6.07, 6.45) is 1.42. The molecular formula is C18H19ClN2O. The minimum atomic E-state index is 0.163. The van der Waals surface area contributed by atoms with Crippen LogP contribution in [0.4, 0.5) is 11.4 Å². The monoisotopic (exact) mass is 314 g/mol. The smallest absolute Gasteiger partial charge is 0.228 e. The van der Waals surface area contributed by atoms with Crippen LogP contribution in [0.2, 0.25) is 5.02 Å². The number of nitrogens with zero attached hydrogens (tertiary/aromatic N) is 1. The molecule has 0 spiro atoms. The molecule has 2 aromatic carbocycles. The molecule has 1 heterocycles. The molecule has 1 aliphatic heterocycles. The molecule has 0 saturated heterocycles.